The first-order valence-corrected chi connectivity index (χ1v) is 12.0. The number of benzene rings is 4. The zero-order valence-corrected chi connectivity index (χ0v) is 20.8. The number of Topliss-reactive ketones (excluding diaryl/α,β-unsaturated/α-hetero) is 1. The molecule has 1 aliphatic heterocycles. The Hall–Kier alpha value is -5.04. The molecule has 0 atom stereocenters. The van der Waals surface area contributed by atoms with Gasteiger partial charge in [0.25, 0.3) is 11.8 Å². The predicted octanol–water partition coefficient (Wildman–Crippen LogP) is 5.94. The minimum atomic E-state index is -0.760. The smallest absolute Gasteiger partial charge is 0.338 e. The Morgan fingerprint density at radius 2 is 1.37 bits per heavy atom. The monoisotopic (exact) mass is 505 g/mol. The van der Waals surface area contributed by atoms with Crippen LogP contribution in [0.15, 0.2) is 91.0 Å². The van der Waals surface area contributed by atoms with Crippen molar-refractivity contribution in [3.8, 4) is 11.5 Å². The molecule has 0 saturated carbocycles. The van der Waals surface area contributed by atoms with Gasteiger partial charge in [0.05, 0.1) is 22.4 Å². The van der Waals surface area contributed by atoms with E-state index < -0.39 is 24.4 Å². The number of carbonyl (C=O) groups excluding carboxylic acids is 4. The molecule has 38 heavy (non-hydrogen) atoms. The Balaban J connectivity index is 1.30. The molecule has 4 aromatic carbocycles. The molecule has 1 heterocycles. The number of ketones is 1. The minimum Gasteiger partial charge on any atom is -0.457 e. The molecule has 2 amide bonds. The zero-order valence-electron chi connectivity index (χ0n) is 20.8. The second-order valence-electron chi connectivity index (χ2n) is 8.89. The van der Waals surface area contributed by atoms with E-state index in [0.29, 0.717) is 17.0 Å². The van der Waals surface area contributed by atoms with Crippen LogP contribution in [0.1, 0.15) is 52.6 Å². The van der Waals surface area contributed by atoms with Gasteiger partial charge in [-0.3, -0.25) is 14.4 Å². The van der Waals surface area contributed by atoms with Crippen molar-refractivity contribution >= 4 is 29.3 Å². The van der Waals surface area contributed by atoms with Crippen molar-refractivity contribution < 1.29 is 28.7 Å². The Bertz CT molecular complexity index is 1550. The Labute approximate surface area is 219 Å². The maximum absolute atomic E-state index is 13.2. The van der Waals surface area contributed by atoms with Gasteiger partial charge in [0.15, 0.2) is 12.4 Å². The lowest BCUT2D eigenvalue weighted by Crippen LogP contribution is -2.29. The van der Waals surface area contributed by atoms with Gasteiger partial charge in [0, 0.05) is 5.56 Å². The summed E-state index contributed by atoms with van der Waals surface area (Å²) in [5.41, 5.74) is 3.14. The Kier molecular flexibility index (Phi) is 6.58. The van der Waals surface area contributed by atoms with Gasteiger partial charge < -0.3 is 9.47 Å². The van der Waals surface area contributed by atoms with E-state index in [1.54, 1.807) is 54.6 Å². The number of para-hydroxylation sites is 1. The zero-order chi connectivity index (χ0) is 26.8. The average molecular weight is 506 g/mol. The van der Waals surface area contributed by atoms with Crippen LogP contribution in [0.5, 0.6) is 11.5 Å². The second kappa shape index (κ2) is 10.1. The second-order valence-corrected chi connectivity index (χ2v) is 8.89. The van der Waals surface area contributed by atoms with Crippen molar-refractivity contribution in [2.45, 2.75) is 13.8 Å². The topological polar surface area (TPSA) is 90.0 Å². The summed E-state index contributed by atoms with van der Waals surface area (Å²) in [7, 11) is 0. The third kappa shape index (κ3) is 4.69. The molecule has 0 fully saturated rings. The average Bonchev–Trinajstić information content (AvgIpc) is 3.19. The summed E-state index contributed by atoms with van der Waals surface area (Å²) in [6.07, 6.45) is 0. The fraction of sp³-hybridized carbons (Fsp3) is 0.0968. The Morgan fingerprint density at radius 3 is 2.05 bits per heavy atom. The fourth-order valence-electron chi connectivity index (χ4n) is 4.27. The van der Waals surface area contributed by atoms with Gasteiger partial charge in [-0.1, -0.05) is 48.5 Å². The summed E-state index contributed by atoms with van der Waals surface area (Å²) in [6.45, 7) is 3.48. The highest BCUT2D eigenvalue weighted by Gasteiger charge is 2.37. The van der Waals surface area contributed by atoms with Crippen molar-refractivity contribution in [2.75, 3.05) is 11.5 Å². The van der Waals surface area contributed by atoms with Crippen molar-refractivity contribution in [3.63, 3.8) is 0 Å². The van der Waals surface area contributed by atoms with E-state index in [0.717, 1.165) is 21.8 Å². The largest absolute Gasteiger partial charge is 0.457 e. The van der Waals surface area contributed by atoms with Crippen molar-refractivity contribution in [3.05, 3.63) is 124 Å². The molecule has 0 aromatic heterocycles. The number of amides is 2. The van der Waals surface area contributed by atoms with E-state index in [9.17, 15) is 19.2 Å². The molecule has 1 aliphatic rings. The van der Waals surface area contributed by atoms with Crippen LogP contribution >= 0.6 is 0 Å². The highest BCUT2D eigenvalue weighted by Crippen LogP contribution is 2.33. The van der Waals surface area contributed by atoms with Crippen LogP contribution in [0.2, 0.25) is 0 Å². The summed E-state index contributed by atoms with van der Waals surface area (Å²) in [6, 6.07) is 25.2. The molecule has 0 radical (unpaired) electrons. The van der Waals surface area contributed by atoms with Gasteiger partial charge in [0.2, 0.25) is 0 Å². The molecule has 0 spiro atoms. The number of imide groups is 1. The number of aryl methyl sites for hydroxylation is 2. The molecule has 4 aromatic rings. The molecular weight excluding hydrogens is 482 g/mol. The van der Waals surface area contributed by atoms with Crippen LogP contribution in [-0.2, 0) is 4.74 Å². The summed E-state index contributed by atoms with van der Waals surface area (Å²) in [5, 5.41) is 0. The third-order valence-corrected chi connectivity index (χ3v) is 6.28. The lowest BCUT2D eigenvalue weighted by atomic mass is 10.1. The van der Waals surface area contributed by atoms with Gasteiger partial charge in [-0.2, -0.15) is 0 Å². The fourth-order valence-corrected chi connectivity index (χ4v) is 4.27. The van der Waals surface area contributed by atoms with Gasteiger partial charge in [-0.25, -0.2) is 9.69 Å². The third-order valence-electron chi connectivity index (χ3n) is 6.28. The molecule has 5 rings (SSSR count). The summed E-state index contributed by atoms with van der Waals surface area (Å²) >= 11 is 0. The van der Waals surface area contributed by atoms with Gasteiger partial charge in [-0.05, 0) is 67.4 Å². The number of ether oxygens (including phenoxy) is 2. The molecule has 0 saturated heterocycles. The quantitative estimate of drug-likeness (QED) is 0.176. The number of rotatable bonds is 7. The number of carbonyl (C=O) groups is 4. The molecule has 7 heteroatoms. The molecule has 7 nitrogen and oxygen atoms in total. The lowest BCUT2D eigenvalue weighted by molar-refractivity contribution is 0.0474. The van der Waals surface area contributed by atoms with E-state index in [1.165, 1.54) is 18.2 Å². The molecular formula is C31H23NO6. The standard InChI is InChI=1S/C31H23NO6/c1-19-7-6-8-20(2)28(19)38-24-14-12-23(13-15-24)32-29(34)25-16-11-22(17-26(25)30(32)35)31(36)37-18-27(33)21-9-4-3-5-10-21/h3-17H,18H2,1-2H3. The number of hydrogen-bond acceptors (Lipinski definition) is 6. The molecule has 0 N–H and O–H groups in total. The first-order valence-electron chi connectivity index (χ1n) is 12.0. The first kappa shape index (κ1) is 24.6. The maximum Gasteiger partial charge on any atom is 0.338 e. The predicted molar refractivity (Wildman–Crippen MR) is 141 cm³/mol. The lowest BCUT2D eigenvalue weighted by Gasteiger charge is -2.15. The highest BCUT2D eigenvalue weighted by molar-refractivity contribution is 6.34. The first-order chi connectivity index (χ1) is 18.3. The van der Waals surface area contributed by atoms with Crippen LogP contribution < -0.4 is 9.64 Å². The number of nitrogens with zero attached hydrogens (tertiary/aromatic N) is 1. The van der Waals surface area contributed by atoms with E-state index in [-0.39, 0.29) is 22.5 Å². The SMILES string of the molecule is Cc1cccc(C)c1Oc1ccc(N2C(=O)c3ccc(C(=O)OCC(=O)c4ccccc4)cc3C2=O)cc1. The number of anilines is 1. The van der Waals surface area contributed by atoms with Gasteiger partial charge >= 0.3 is 5.97 Å². The van der Waals surface area contributed by atoms with Crippen molar-refractivity contribution in [1.82, 2.24) is 0 Å². The molecule has 0 aliphatic carbocycles. The summed E-state index contributed by atoms with van der Waals surface area (Å²) in [4.78, 5) is 52.1. The summed E-state index contributed by atoms with van der Waals surface area (Å²) in [5.74, 6) is -0.828. The highest BCUT2D eigenvalue weighted by atomic mass is 16.5. The molecule has 0 unspecified atom stereocenters. The minimum absolute atomic E-state index is 0.0740. The Morgan fingerprint density at radius 1 is 0.711 bits per heavy atom. The van der Waals surface area contributed by atoms with Gasteiger partial charge in [0.1, 0.15) is 11.5 Å². The molecule has 0 bridgehead atoms. The molecule has 188 valence electrons. The van der Waals surface area contributed by atoms with Crippen molar-refractivity contribution in [2.24, 2.45) is 0 Å². The normalized spacial score (nSPS) is 12.3. The van der Waals surface area contributed by atoms with Crippen LogP contribution in [0.3, 0.4) is 0 Å². The number of esters is 1. The number of fused-ring (bicyclic) bond motifs is 1. The summed E-state index contributed by atoms with van der Waals surface area (Å²) < 4.78 is 11.2. The van der Waals surface area contributed by atoms with Crippen LogP contribution in [0, 0.1) is 13.8 Å². The van der Waals surface area contributed by atoms with E-state index in [4.69, 9.17) is 9.47 Å². The van der Waals surface area contributed by atoms with E-state index >= 15 is 0 Å². The number of hydrogen-bond donors (Lipinski definition) is 0. The van der Waals surface area contributed by atoms with E-state index in [2.05, 4.69) is 0 Å². The maximum atomic E-state index is 13.2. The van der Waals surface area contributed by atoms with Crippen LogP contribution in [0.4, 0.5) is 5.69 Å². The van der Waals surface area contributed by atoms with E-state index in [1.807, 2.05) is 32.0 Å². The van der Waals surface area contributed by atoms with Crippen LogP contribution in [0.25, 0.3) is 0 Å². The van der Waals surface area contributed by atoms with Gasteiger partial charge in [-0.15, -0.1) is 0 Å². The van der Waals surface area contributed by atoms with Crippen LogP contribution in [-0.4, -0.2) is 30.2 Å². The van der Waals surface area contributed by atoms with Crippen molar-refractivity contribution in [1.29, 1.82) is 0 Å².